The maximum absolute atomic E-state index is 12.6. The number of thiazole rings is 1. The smallest absolute Gasteiger partial charge is 0.387 e. The fourth-order valence-corrected chi connectivity index (χ4v) is 4.48. The van der Waals surface area contributed by atoms with Gasteiger partial charge < -0.3 is 24.5 Å². The maximum atomic E-state index is 12.6. The van der Waals surface area contributed by atoms with Crippen molar-refractivity contribution in [3.05, 3.63) is 42.0 Å². The minimum absolute atomic E-state index is 0.277. The molecule has 1 fully saturated rings. The first-order valence-corrected chi connectivity index (χ1v) is 10.5. The highest BCUT2D eigenvalue weighted by Gasteiger charge is 2.19. The highest BCUT2D eigenvalue weighted by molar-refractivity contribution is 7.14. The van der Waals surface area contributed by atoms with Crippen LogP contribution in [0.5, 0.6) is 11.5 Å². The van der Waals surface area contributed by atoms with Crippen LogP contribution in [0.4, 0.5) is 13.9 Å². The number of aromatic nitrogens is 3. The Morgan fingerprint density at radius 1 is 1.23 bits per heavy atom. The Bertz CT molecular complexity index is 1220. The Kier molecular flexibility index (Phi) is 5.16. The third-order valence-electron chi connectivity index (χ3n) is 5.11. The second-order valence-electron chi connectivity index (χ2n) is 6.97. The Balaban J connectivity index is 1.52. The van der Waals surface area contributed by atoms with Crippen LogP contribution >= 0.6 is 11.3 Å². The number of ether oxygens (including phenoxy) is 2. The van der Waals surface area contributed by atoms with Gasteiger partial charge >= 0.3 is 6.61 Å². The largest absolute Gasteiger partial charge is 0.504 e. The number of H-pyrrole nitrogens is 1. The average molecular weight is 444 g/mol. The number of anilines is 1. The van der Waals surface area contributed by atoms with E-state index in [9.17, 15) is 13.9 Å². The van der Waals surface area contributed by atoms with E-state index in [-0.39, 0.29) is 11.5 Å². The van der Waals surface area contributed by atoms with E-state index in [1.54, 1.807) is 35.9 Å². The van der Waals surface area contributed by atoms with E-state index in [4.69, 9.17) is 9.72 Å². The Morgan fingerprint density at radius 2 is 2.06 bits per heavy atom. The summed E-state index contributed by atoms with van der Waals surface area (Å²) >= 11 is 1.57. The van der Waals surface area contributed by atoms with Gasteiger partial charge in [-0.1, -0.05) is 12.1 Å². The molecule has 7 nitrogen and oxygen atoms in total. The first-order chi connectivity index (χ1) is 15.1. The molecule has 2 N–H and O–H groups in total. The number of para-hydroxylation sites is 1. The fourth-order valence-electron chi connectivity index (χ4n) is 3.59. The zero-order chi connectivity index (χ0) is 21.4. The number of pyridine rings is 1. The number of rotatable bonds is 5. The Morgan fingerprint density at radius 3 is 2.87 bits per heavy atom. The van der Waals surface area contributed by atoms with Crippen molar-refractivity contribution in [2.75, 3.05) is 31.2 Å². The molecule has 0 atom stereocenters. The molecule has 5 rings (SSSR count). The third-order valence-corrected chi connectivity index (χ3v) is 6.01. The predicted octanol–water partition coefficient (Wildman–Crippen LogP) is 4.50. The van der Waals surface area contributed by atoms with E-state index in [0.717, 1.165) is 34.9 Å². The van der Waals surface area contributed by atoms with Crippen LogP contribution in [-0.4, -0.2) is 53.0 Å². The van der Waals surface area contributed by atoms with Gasteiger partial charge in [0.1, 0.15) is 5.65 Å². The molecule has 0 unspecified atom stereocenters. The van der Waals surface area contributed by atoms with Crippen LogP contribution in [0, 0.1) is 0 Å². The predicted molar refractivity (Wildman–Crippen MR) is 114 cm³/mol. The second-order valence-corrected chi connectivity index (χ2v) is 7.80. The molecule has 1 aliphatic heterocycles. The molecule has 4 heterocycles. The van der Waals surface area contributed by atoms with E-state index in [2.05, 4.69) is 19.6 Å². The molecule has 1 aliphatic rings. The van der Waals surface area contributed by atoms with Gasteiger partial charge in [0.05, 0.1) is 18.9 Å². The molecule has 10 heteroatoms. The van der Waals surface area contributed by atoms with Crippen molar-refractivity contribution in [2.24, 2.45) is 0 Å². The van der Waals surface area contributed by atoms with Crippen molar-refractivity contribution in [3.63, 3.8) is 0 Å². The van der Waals surface area contributed by atoms with Gasteiger partial charge in [0.25, 0.3) is 0 Å². The van der Waals surface area contributed by atoms with Crippen LogP contribution in [-0.2, 0) is 4.74 Å². The molecule has 4 aromatic rings. The van der Waals surface area contributed by atoms with Gasteiger partial charge in [-0.25, -0.2) is 9.97 Å². The number of aromatic amines is 1. The van der Waals surface area contributed by atoms with Crippen molar-refractivity contribution in [1.82, 2.24) is 15.0 Å². The number of morpholine rings is 1. The van der Waals surface area contributed by atoms with E-state index < -0.39 is 6.61 Å². The summed E-state index contributed by atoms with van der Waals surface area (Å²) in [5.41, 5.74) is 3.23. The van der Waals surface area contributed by atoms with Crippen LogP contribution < -0.4 is 9.64 Å². The fraction of sp³-hybridized carbons (Fsp3) is 0.238. The average Bonchev–Trinajstić information content (AvgIpc) is 3.43. The quantitative estimate of drug-likeness (QED) is 0.472. The van der Waals surface area contributed by atoms with Gasteiger partial charge in [-0.05, 0) is 12.1 Å². The second kappa shape index (κ2) is 8.12. The van der Waals surface area contributed by atoms with E-state index in [1.807, 2.05) is 11.4 Å². The van der Waals surface area contributed by atoms with Gasteiger partial charge in [-0.15, -0.1) is 11.3 Å². The van der Waals surface area contributed by atoms with Crippen LogP contribution in [0.15, 0.2) is 42.0 Å². The van der Waals surface area contributed by atoms with Crippen LogP contribution in [0.3, 0.4) is 0 Å². The van der Waals surface area contributed by atoms with Crippen LogP contribution in [0.2, 0.25) is 0 Å². The minimum atomic E-state index is -3.03. The highest BCUT2D eigenvalue weighted by Crippen LogP contribution is 2.41. The highest BCUT2D eigenvalue weighted by atomic mass is 32.1. The number of halogens is 2. The summed E-state index contributed by atoms with van der Waals surface area (Å²) in [7, 11) is 0. The summed E-state index contributed by atoms with van der Waals surface area (Å²) < 4.78 is 35.1. The van der Waals surface area contributed by atoms with E-state index >= 15 is 0 Å². The summed E-state index contributed by atoms with van der Waals surface area (Å²) in [4.78, 5) is 14.5. The maximum Gasteiger partial charge on any atom is 0.387 e. The number of nitrogens with one attached hydrogen (secondary N) is 1. The Labute approximate surface area is 179 Å². The van der Waals surface area contributed by atoms with Crippen molar-refractivity contribution in [2.45, 2.75) is 6.61 Å². The summed E-state index contributed by atoms with van der Waals surface area (Å²) in [5.74, 6) is -0.627. The first-order valence-electron chi connectivity index (χ1n) is 9.63. The lowest BCUT2D eigenvalue weighted by Gasteiger charge is -2.26. The van der Waals surface area contributed by atoms with Gasteiger partial charge in [0.2, 0.25) is 0 Å². The van der Waals surface area contributed by atoms with Crippen molar-refractivity contribution in [3.8, 4) is 33.9 Å². The molecule has 0 bridgehead atoms. The molecule has 0 radical (unpaired) electrons. The Hall–Kier alpha value is -3.24. The molecular weight excluding hydrogens is 426 g/mol. The molecule has 31 heavy (non-hydrogen) atoms. The topological polar surface area (TPSA) is 83.5 Å². The molecule has 1 saturated heterocycles. The van der Waals surface area contributed by atoms with Crippen molar-refractivity contribution in [1.29, 1.82) is 0 Å². The third kappa shape index (κ3) is 3.79. The molecule has 1 aromatic carbocycles. The summed E-state index contributed by atoms with van der Waals surface area (Å²) in [6, 6.07) is 6.42. The number of alkyl halides is 2. The van der Waals surface area contributed by atoms with Gasteiger partial charge in [-0.2, -0.15) is 8.78 Å². The normalized spacial score (nSPS) is 14.5. The number of phenols is 1. The van der Waals surface area contributed by atoms with Gasteiger partial charge in [0.15, 0.2) is 16.6 Å². The number of fused-ring (bicyclic) bond motifs is 1. The zero-order valence-corrected chi connectivity index (χ0v) is 17.0. The zero-order valence-electron chi connectivity index (χ0n) is 16.2. The number of hydrogen-bond acceptors (Lipinski definition) is 7. The summed E-state index contributed by atoms with van der Waals surface area (Å²) in [6.07, 6.45) is 3.42. The number of phenolic OH excluding ortho intramolecular Hbond substituents is 1. The monoisotopic (exact) mass is 444 g/mol. The molecule has 0 saturated carbocycles. The number of hydrogen-bond donors (Lipinski definition) is 2. The number of benzene rings is 1. The lowest BCUT2D eigenvalue weighted by Crippen LogP contribution is -2.36. The lowest BCUT2D eigenvalue weighted by molar-refractivity contribution is -0.0511. The van der Waals surface area contributed by atoms with Crippen molar-refractivity contribution < 1.29 is 23.4 Å². The van der Waals surface area contributed by atoms with Gasteiger partial charge in [0, 0.05) is 52.9 Å². The summed E-state index contributed by atoms with van der Waals surface area (Å²) in [6.45, 7) is -0.0342. The molecule has 160 valence electrons. The minimum Gasteiger partial charge on any atom is -0.504 e. The van der Waals surface area contributed by atoms with Crippen molar-refractivity contribution >= 4 is 27.5 Å². The van der Waals surface area contributed by atoms with E-state index in [1.165, 1.54) is 6.07 Å². The van der Waals surface area contributed by atoms with Crippen LogP contribution in [0.1, 0.15) is 0 Å². The van der Waals surface area contributed by atoms with Gasteiger partial charge in [-0.3, -0.25) is 0 Å². The molecule has 3 aromatic heterocycles. The first kappa shape index (κ1) is 19.7. The number of aromatic hydroxyl groups is 1. The molecule has 0 spiro atoms. The summed E-state index contributed by atoms with van der Waals surface area (Å²) in [5, 5.41) is 14.1. The SMILES string of the molecule is Oc1c(OC(F)F)cccc1-c1c[nH]c2ncc(-c3csc(N4CCOCC4)n3)cc12. The lowest BCUT2D eigenvalue weighted by atomic mass is 10.0. The van der Waals surface area contributed by atoms with Crippen LogP contribution in [0.25, 0.3) is 33.4 Å². The number of nitrogens with zero attached hydrogens (tertiary/aromatic N) is 3. The van der Waals surface area contributed by atoms with E-state index in [0.29, 0.717) is 30.0 Å². The standard InChI is InChI=1S/C21H18F2N4O3S/c22-20(23)30-17-3-1-2-13(18(17)28)15-10-25-19-14(15)8-12(9-24-19)16-11-31-21(26-16)27-4-6-29-7-5-27/h1-3,8-11,20,28H,4-7H2,(H,24,25). The molecule has 0 aliphatic carbocycles. The molecular formula is C21H18F2N4O3S. The molecule has 0 amide bonds.